The summed E-state index contributed by atoms with van der Waals surface area (Å²) in [4.78, 5) is 17.8. The Hall–Kier alpha value is -2.76. The number of thiol groups is 1. The molecule has 0 aromatic heterocycles. The van der Waals surface area contributed by atoms with Crippen LogP contribution in [0.25, 0.3) is 0 Å². The maximum atomic E-state index is 12.7. The topological polar surface area (TPSA) is 35.6 Å². The number of nitrogens with zero attached hydrogens (tertiary/aromatic N) is 2. The van der Waals surface area contributed by atoms with Crippen LogP contribution in [-0.4, -0.2) is 42.0 Å². The van der Waals surface area contributed by atoms with Gasteiger partial charge in [0.1, 0.15) is 0 Å². The van der Waals surface area contributed by atoms with Crippen molar-refractivity contribution in [3.63, 3.8) is 0 Å². The average molecular weight is 404 g/mol. The molecule has 1 N–H and O–H groups in total. The van der Waals surface area contributed by atoms with E-state index in [0.29, 0.717) is 13.1 Å². The number of carbonyl (C=O) groups is 1. The van der Waals surface area contributed by atoms with Crippen molar-refractivity contribution in [2.24, 2.45) is 0 Å². The van der Waals surface area contributed by atoms with Crippen LogP contribution in [0.1, 0.15) is 17.2 Å². The standard InChI is InChI=1S/C24H25N3OS/c28-24(25-21-13-7-8-14-22(21)29)27-17-15-26(16-18-27)23(19-9-3-1-4-10-19)20-11-5-2-6-12-20/h1-14,23,29H,15-18H2,(H,25,28). The van der Waals surface area contributed by atoms with Crippen molar-refractivity contribution >= 4 is 24.3 Å². The first-order chi connectivity index (χ1) is 14.2. The third-order valence-corrected chi connectivity index (χ3v) is 5.73. The highest BCUT2D eigenvalue weighted by Gasteiger charge is 2.28. The second-order valence-electron chi connectivity index (χ2n) is 7.19. The van der Waals surface area contributed by atoms with Gasteiger partial charge in [-0.05, 0) is 23.3 Å². The molecule has 1 fully saturated rings. The quantitative estimate of drug-likeness (QED) is 0.607. The molecule has 29 heavy (non-hydrogen) atoms. The van der Waals surface area contributed by atoms with Crippen LogP contribution >= 0.6 is 12.6 Å². The fourth-order valence-corrected chi connectivity index (χ4v) is 4.06. The van der Waals surface area contributed by atoms with Gasteiger partial charge in [-0.3, -0.25) is 4.90 Å². The van der Waals surface area contributed by atoms with Crippen molar-refractivity contribution in [2.75, 3.05) is 31.5 Å². The molecule has 1 heterocycles. The molecule has 3 aromatic carbocycles. The minimum absolute atomic E-state index is 0.0675. The summed E-state index contributed by atoms with van der Waals surface area (Å²) in [5, 5.41) is 2.98. The Morgan fingerprint density at radius 1 is 0.759 bits per heavy atom. The maximum Gasteiger partial charge on any atom is 0.321 e. The van der Waals surface area contributed by atoms with Crippen LogP contribution in [-0.2, 0) is 0 Å². The first-order valence-corrected chi connectivity index (χ1v) is 10.3. The molecule has 1 saturated heterocycles. The van der Waals surface area contributed by atoms with Crippen LogP contribution in [0.3, 0.4) is 0 Å². The number of rotatable bonds is 4. The van der Waals surface area contributed by atoms with Gasteiger partial charge in [0, 0.05) is 31.1 Å². The van der Waals surface area contributed by atoms with Gasteiger partial charge in [0.05, 0.1) is 11.7 Å². The Balaban J connectivity index is 1.46. The van der Waals surface area contributed by atoms with E-state index in [1.807, 2.05) is 41.3 Å². The van der Waals surface area contributed by atoms with E-state index in [4.69, 9.17) is 0 Å². The summed E-state index contributed by atoms with van der Waals surface area (Å²) in [6.45, 7) is 3.03. The lowest BCUT2D eigenvalue weighted by Gasteiger charge is -2.39. The van der Waals surface area contributed by atoms with Crippen LogP contribution in [0.2, 0.25) is 0 Å². The van der Waals surface area contributed by atoms with E-state index in [0.717, 1.165) is 23.7 Å². The van der Waals surface area contributed by atoms with Gasteiger partial charge in [-0.2, -0.15) is 0 Å². The Morgan fingerprint density at radius 2 is 1.28 bits per heavy atom. The molecule has 0 unspecified atom stereocenters. The smallest absolute Gasteiger partial charge is 0.321 e. The average Bonchev–Trinajstić information content (AvgIpc) is 2.77. The summed E-state index contributed by atoms with van der Waals surface area (Å²) in [5.41, 5.74) is 3.30. The number of benzene rings is 3. The number of carbonyl (C=O) groups excluding carboxylic acids is 1. The number of hydrogen-bond acceptors (Lipinski definition) is 3. The third-order valence-electron chi connectivity index (χ3n) is 5.34. The summed E-state index contributed by atoms with van der Waals surface area (Å²) < 4.78 is 0. The van der Waals surface area contributed by atoms with Gasteiger partial charge in [-0.15, -0.1) is 12.6 Å². The predicted molar refractivity (Wildman–Crippen MR) is 121 cm³/mol. The maximum absolute atomic E-state index is 12.7. The van der Waals surface area contributed by atoms with E-state index >= 15 is 0 Å². The highest BCUT2D eigenvalue weighted by molar-refractivity contribution is 7.80. The fourth-order valence-electron chi connectivity index (χ4n) is 3.84. The van der Waals surface area contributed by atoms with Gasteiger partial charge in [-0.25, -0.2) is 4.79 Å². The van der Waals surface area contributed by atoms with E-state index < -0.39 is 0 Å². The lowest BCUT2D eigenvalue weighted by atomic mass is 9.96. The van der Waals surface area contributed by atoms with Crippen LogP contribution in [0.15, 0.2) is 89.8 Å². The first kappa shape index (κ1) is 19.6. The van der Waals surface area contributed by atoms with Gasteiger partial charge in [-0.1, -0.05) is 72.8 Å². The Kier molecular flexibility index (Phi) is 6.17. The summed E-state index contributed by atoms with van der Waals surface area (Å²) >= 11 is 4.42. The minimum Gasteiger partial charge on any atom is -0.322 e. The van der Waals surface area contributed by atoms with Crippen LogP contribution in [0.5, 0.6) is 0 Å². The molecule has 1 aliphatic heterocycles. The van der Waals surface area contributed by atoms with Gasteiger partial charge in [0.25, 0.3) is 0 Å². The number of urea groups is 1. The van der Waals surface area contributed by atoms with E-state index in [1.165, 1.54) is 11.1 Å². The number of piperazine rings is 1. The first-order valence-electron chi connectivity index (χ1n) is 9.90. The van der Waals surface area contributed by atoms with Crippen LogP contribution < -0.4 is 5.32 Å². The van der Waals surface area contributed by atoms with E-state index in [2.05, 4.69) is 71.4 Å². The lowest BCUT2D eigenvalue weighted by Crippen LogP contribution is -2.51. The predicted octanol–water partition coefficient (Wildman–Crippen LogP) is 4.91. The second kappa shape index (κ2) is 9.16. The SMILES string of the molecule is O=C(Nc1ccccc1S)N1CCN(C(c2ccccc2)c2ccccc2)CC1. The van der Waals surface area contributed by atoms with Gasteiger partial charge in [0.15, 0.2) is 0 Å². The van der Waals surface area contributed by atoms with E-state index in [9.17, 15) is 4.79 Å². The van der Waals surface area contributed by atoms with Crippen LogP contribution in [0, 0.1) is 0 Å². The Labute approximate surface area is 177 Å². The third kappa shape index (κ3) is 4.63. The van der Waals surface area contributed by atoms with Crippen molar-refractivity contribution in [2.45, 2.75) is 10.9 Å². The Bertz CT molecular complexity index is 901. The van der Waals surface area contributed by atoms with Crippen LogP contribution in [0.4, 0.5) is 10.5 Å². The van der Waals surface area contributed by atoms with Crippen molar-refractivity contribution < 1.29 is 4.79 Å². The molecular weight excluding hydrogens is 378 g/mol. The molecule has 0 aliphatic carbocycles. The molecule has 0 atom stereocenters. The molecular formula is C24H25N3OS. The highest BCUT2D eigenvalue weighted by atomic mass is 32.1. The van der Waals surface area contributed by atoms with E-state index in [-0.39, 0.29) is 12.1 Å². The molecule has 4 rings (SSSR count). The zero-order chi connectivity index (χ0) is 20.1. The van der Waals surface area contributed by atoms with Crippen molar-refractivity contribution in [1.82, 2.24) is 9.80 Å². The van der Waals surface area contributed by atoms with Gasteiger partial charge in [0.2, 0.25) is 0 Å². The van der Waals surface area contributed by atoms with Crippen molar-refractivity contribution in [3.8, 4) is 0 Å². The largest absolute Gasteiger partial charge is 0.322 e. The molecule has 2 amide bonds. The fraction of sp³-hybridized carbons (Fsp3) is 0.208. The van der Waals surface area contributed by atoms with E-state index in [1.54, 1.807) is 0 Å². The second-order valence-corrected chi connectivity index (χ2v) is 7.68. The van der Waals surface area contributed by atoms with Crippen molar-refractivity contribution in [3.05, 3.63) is 96.1 Å². The number of nitrogens with one attached hydrogen (secondary N) is 1. The molecule has 4 nitrogen and oxygen atoms in total. The normalized spacial score (nSPS) is 14.8. The summed E-state index contributed by atoms with van der Waals surface area (Å²) in [5.74, 6) is 0. The molecule has 1 aliphatic rings. The minimum atomic E-state index is -0.0675. The summed E-state index contributed by atoms with van der Waals surface area (Å²) in [7, 11) is 0. The van der Waals surface area contributed by atoms with Gasteiger partial charge >= 0.3 is 6.03 Å². The number of anilines is 1. The molecule has 5 heteroatoms. The zero-order valence-corrected chi connectivity index (χ0v) is 17.1. The molecule has 0 radical (unpaired) electrons. The molecule has 3 aromatic rings. The number of hydrogen-bond donors (Lipinski definition) is 2. The summed E-state index contributed by atoms with van der Waals surface area (Å²) in [6.07, 6.45) is 0. The molecule has 0 bridgehead atoms. The monoisotopic (exact) mass is 403 g/mol. The Morgan fingerprint density at radius 3 is 1.83 bits per heavy atom. The molecule has 0 saturated carbocycles. The molecule has 0 spiro atoms. The van der Waals surface area contributed by atoms with Crippen molar-refractivity contribution in [1.29, 1.82) is 0 Å². The number of amides is 2. The van der Waals surface area contributed by atoms with Gasteiger partial charge < -0.3 is 10.2 Å². The zero-order valence-electron chi connectivity index (χ0n) is 16.2. The highest BCUT2D eigenvalue weighted by Crippen LogP contribution is 2.29. The number of para-hydroxylation sites is 1. The molecule has 148 valence electrons. The lowest BCUT2D eigenvalue weighted by molar-refractivity contribution is 0.126. The summed E-state index contributed by atoms with van der Waals surface area (Å²) in [6, 6.07) is 28.9.